The summed E-state index contributed by atoms with van der Waals surface area (Å²) < 4.78 is 0. The summed E-state index contributed by atoms with van der Waals surface area (Å²) in [6, 6.07) is 20.6. The highest BCUT2D eigenvalue weighted by molar-refractivity contribution is 5.41. The molecule has 0 radical (unpaired) electrons. The number of hydrogen-bond acceptors (Lipinski definition) is 1. The fourth-order valence-electron chi connectivity index (χ4n) is 2.89. The maximum absolute atomic E-state index is 10.7. The Hall–Kier alpha value is -1.86. The van der Waals surface area contributed by atoms with E-state index >= 15 is 0 Å². The van der Waals surface area contributed by atoms with E-state index in [1.165, 1.54) is 5.57 Å². The summed E-state index contributed by atoms with van der Waals surface area (Å²) in [6.07, 6.45) is 2.53. The minimum Gasteiger partial charge on any atom is -0.392 e. The van der Waals surface area contributed by atoms with Crippen LogP contribution < -0.4 is 0 Å². The fourth-order valence-corrected chi connectivity index (χ4v) is 2.89. The van der Waals surface area contributed by atoms with Gasteiger partial charge in [0.15, 0.2) is 0 Å². The van der Waals surface area contributed by atoms with Crippen LogP contribution in [0.15, 0.2) is 72.3 Å². The number of aliphatic hydroxyl groups excluding tert-OH is 1. The lowest BCUT2D eigenvalue weighted by molar-refractivity contribution is 0.120. The van der Waals surface area contributed by atoms with E-state index in [1.54, 1.807) is 0 Å². The Balaban J connectivity index is 2.63. The van der Waals surface area contributed by atoms with Gasteiger partial charge in [0.25, 0.3) is 0 Å². The van der Waals surface area contributed by atoms with Gasteiger partial charge in [-0.15, -0.1) is 0 Å². The van der Waals surface area contributed by atoms with E-state index in [4.69, 9.17) is 0 Å². The SMILES string of the molecule is CC(C)=CCC(c1ccccc1)(c1ccccc1)C(C)O. The first-order valence-electron chi connectivity index (χ1n) is 7.50. The highest BCUT2D eigenvalue weighted by Gasteiger charge is 2.37. The van der Waals surface area contributed by atoms with Crippen LogP contribution in [0.2, 0.25) is 0 Å². The van der Waals surface area contributed by atoms with Gasteiger partial charge in [-0.2, -0.15) is 0 Å². The van der Waals surface area contributed by atoms with E-state index in [2.05, 4.69) is 44.2 Å². The number of rotatable bonds is 5. The van der Waals surface area contributed by atoms with Crippen LogP contribution in [0.25, 0.3) is 0 Å². The molecule has 0 amide bonds. The molecule has 0 aliphatic heterocycles. The molecule has 0 fully saturated rings. The second kappa shape index (κ2) is 6.73. The Morgan fingerprint density at radius 2 is 1.38 bits per heavy atom. The maximum Gasteiger partial charge on any atom is 0.0652 e. The molecule has 0 aliphatic carbocycles. The van der Waals surface area contributed by atoms with Crippen LogP contribution in [-0.4, -0.2) is 11.2 Å². The molecule has 2 aromatic rings. The highest BCUT2D eigenvalue weighted by Crippen LogP contribution is 2.39. The molecular weight excluding hydrogens is 256 g/mol. The van der Waals surface area contributed by atoms with Crippen molar-refractivity contribution >= 4 is 0 Å². The van der Waals surface area contributed by atoms with Crippen LogP contribution >= 0.6 is 0 Å². The number of benzene rings is 2. The summed E-state index contributed by atoms with van der Waals surface area (Å²) in [4.78, 5) is 0. The molecule has 1 unspecified atom stereocenters. The van der Waals surface area contributed by atoms with Gasteiger partial charge in [-0.05, 0) is 38.3 Å². The Labute approximate surface area is 128 Å². The summed E-state index contributed by atoms with van der Waals surface area (Å²) in [6.45, 7) is 6.09. The van der Waals surface area contributed by atoms with Crippen LogP contribution in [0.5, 0.6) is 0 Å². The Bertz CT molecular complexity index is 538. The van der Waals surface area contributed by atoms with E-state index in [9.17, 15) is 5.11 Å². The summed E-state index contributed by atoms with van der Waals surface area (Å²) in [5.41, 5.74) is 3.18. The Morgan fingerprint density at radius 1 is 0.952 bits per heavy atom. The van der Waals surface area contributed by atoms with Crippen molar-refractivity contribution in [2.75, 3.05) is 0 Å². The average Bonchev–Trinajstić information content (AvgIpc) is 2.49. The molecule has 0 bridgehead atoms. The van der Waals surface area contributed by atoms with Gasteiger partial charge in [-0.3, -0.25) is 0 Å². The third-order valence-corrected chi connectivity index (χ3v) is 4.12. The molecule has 2 rings (SSSR count). The van der Waals surface area contributed by atoms with E-state index in [0.717, 1.165) is 17.5 Å². The van der Waals surface area contributed by atoms with Crippen LogP contribution in [0.1, 0.15) is 38.3 Å². The van der Waals surface area contributed by atoms with Crippen molar-refractivity contribution in [2.24, 2.45) is 0 Å². The second-order valence-corrected chi connectivity index (χ2v) is 5.86. The standard InChI is InChI=1S/C20H24O/c1-16(2)14-15-20(17(3)21,18-10-6-4-7-11-18)19-12-8-5-9-13-19/h4-14,17,21H,15H2,1-3H3. The largest absolute Gasteiger partial charge is 0.392 e. The van der Waals surface area contributed by atoms with Crippen LogP contribution in [-0.2, 0) is 5.41 Å². The first-order chi connectivity index (χ1) is 10.1. The molecule has 21 heavy (non-hydrogen) atoms. The summed E-state index contributed by atoms with van der Waals surface area (Å²) in [5.74, 6) is 0. The van der Waals surface area contributed by atoms with Crippen molar-refractivity contribution in [3.63, 3.8) is 0 Å². The summed E-state index contributed by atoms with van der Waals surface area (Å²) >= 11 is 0. The third-order valence-electron chi connectivity index (χ3n) is 4.12. The zero-order chi connectivity index (χ0) is 15.3. The lowest BCUT2D eigenvalue weighted by Gasteiger charge is -2.37. The third kappa shape index (κ3) is 3.25. The van der Waals surface area contributed by atoms with E-state index < -0.39 is 11.5 Å². The van der Waals surface area contributed by atoms with E-state index in [1.807, 2.05) is 43.3 Å². The predicted octanol–water partition coefficient (Wildman–Crippen LogP) is 4.71. The molecule has 0 heterocycles. The molecule has 0 aliphatic rings. The van der Waals surface area contributed by atoms with Gasteiger partial charge >= 0.3 is 0 Å². The van der Waals surface area contributed by atoms with Crippen molar-refractivity contribution in [1.82, 2.24) is 0 Å². The zero-order valence-electron chi connectivity index (χ0n) is 13.1. The normalized spacial score (nSPS) is 12.8. The molecule has 1 atom stereocenters. The molecule has 110 valence electrons. The van der Waals surface area contributed by atoms with Gasteiger partial charge in [0.05, 0.1) is 6.10 Å². The van der Waals surface area contributed by atoms with Crippen molar-refractivity contribution in [2.45, 2.75) is 38.7 Å². The Kier molecular flexibility index (Phi) is 4.98. The smallest absolute Gasteiger partial charge is 0.0652 e. The van der Waals surface area contributed by atoms with Crippen molar-refractivity contribution < 1.29 is 5.11 Å². The number of allylic oxidation sites excluding steroid dienone is 2. The average molecular weight is 280 g/mol. The second-order valence-electron chi connectivity index (χ2n) is 5.86. The molecule has 0 spiro atoms. The Morgan fingerprint density at radius 3 is 1.71 bits per heavy atom. The van der Waals surface area contributed by atoms with Gasteiger partial charge in [-0.1, -0.05) is 72.3 Å². The van der Waals surface area contributed by atoms with Crippen molar-refractivity contribution in [3.8, 4) is 0 Å². The lowest BCUT2D eigenvalue weighted by atomic mass is 9.68. The summed E-state index contributed by atoms with van der Waals surface area (Å²) in [7, 11) is 0. The van der Waals surface area contributed by atoms with Gasteiger partial charge in [0.1, 0.15) is 0 Å². The maximum atomic E-state index is 10.7. The van der Waals surface area contributed by atoms with E-state index in [0.29, 0.717) is 0 Å². The number of hydrogen-bond donors (Lipinski definition) is 1. The molecule has 2 aromatic carbocycles. The fraction of sp³-hybridized carbons (Fsp3) is 0.300. The molecular formula is C20H24O. The van der Waals surface area contributed by atoms with Crippen LogP contribution in [0.4, 0.5) is 0 Å². The quantitative estimate of drug-likeness (QED) is 0.786. The monoisotopic (exact) mass is 280 g/mol. The molecule has 1 heteroatoms. The minimum atomic E-state index is -0.474. The molecule has 0 aromatic heterocycles. The highest BCUT2D eigenvalue weighted by atomic mass is 16.3. The zero-order valence-corrected chi connectivity index (χ0v) is 13.1. The van der Waals surface area contributed by atoms with Gasteiger partial charge in [0, 0.05) is 5.41 Å². The van der Waals surface area contributed by atoms with Gasteiger partial charge in [0.2, 0.25) is 0 Å². The lowest BCUT2D eigenvalue weighted by Crippen LogP contribution is -2.38. The van der Waals surface area contributed by atoms with Crippen molar-refractivity contribution in [3.05, 3.63) is 83.4 Å². The first kappa shape index (κ1) is 15.5. The first-order valence-corrected chi connectivity index (χ1v) is 7.50. The predicted molar refractivity (Wildman–Crippen MR) is 89.4 cm³/mol. The topological polar surface area (TPSA) is 20.2 Å². The molecule has 0 saturated carbocycles. The minimum absolute atomic E-state index is 0.403. The molecule has 1 nitrogen and oxygen atoms in total. The summed E-state index contributed by atoms with van der Waals surface area (Å²) in [5, 5.41) is 10.7. The van der Waals surface area contributed by atoms with E-state index in [-0.39, 0.29) is 0 Å². The molecule has 0 saturated heterocycles. The number of aliphatic hydroxyl groups is 1. The molecule has 1 N–H and O–H groups in total. The van der Waals surface area contributed by atoms with Crippen LogP contribution in [0, 0.1) is 0 Å². The van der Waals surface area contributed by atoms with Gasteiger partial charge < -0.3 is 5.11 Å². The van der Waals surface area contributed by atoms with Crippen molar-refractivity contribution in [1.29, 1.82) is 0 Å². The van der Waals surface area contributed by atoms with Gasteiger partial charge in [-0.25, -0.2) is 0 Å². The van der Waals surface area contributed by atoms with Crippen LogP contribution in [0.3, 0.4) is 0 Å².